The third-order valence-corrected chi connectivity index (χ3v) is 3.81. The van der Waals surface area contributed by atoms with Crippen LogP contribution >= 0.6 is 0 Å². The van der Waals surface area contributed by atoms with Crippen LogP contribution in [0.1, 0.15) is 24.5 Å². The van der Waals surface area contributed by atoms with Gasteiger partial charge >= 0.3 is 0 Å². The highest BCUT2D eigenvalue weighted by molar-refractivity contribution is 5.75. The van der Waals surface area contributed by atoms with Crippen molar-refractivity contribution in [2.24, 2.45) is 14.1 Å². The lowest BCUT2D eigenvalue weighted by molar-refractivity contribution is 0.511. The molecule has 3 rings (SSSR count). The fourth-order valence-electron chi connectivity index (χ4n) is 2.71. The van der Waals surface area contributed by atoms with Gasteiger partial charge < -0.3 is 9.88 Å². The molecule has 0 saturated heterocycles. The minimum atomic E-state index is 0.187. The lowest BCUT2D eigenvalue weighted by Gasteiger charge is -2.15. The van der Waals surface area contributed by atoms with Gasteiger partial charge in [-0.25, -0.2) is 4.98 Å². The standard InChI is InChI=1S/C16H21N5/c1-4-17-14(12-9-10-20(2)19-12)11-16-18-13-7-5-6-8-15(13)21(16)3/h5-10,14,17H,4,11H2,1-3H3. The number of para-hydroxylation sites is 2. The molecule has 5 heteroatoms. The van der Waals surface area contributed by atoms with Crippen molar-refractivity contribution in [3.8, 4) is 0 Å². The highest BCUT2D eigenvalue weighted by Crippen LogP contribution is 2.20. The minimum absolute atomic E-state index is 0.187. The third-order valence-electron chi connectivity index (χ3n) is 3.81. The van der Waals surface area contributed by atoms with E-state index in [4.69, 9.17) is 4.98 Å². The summed E-state index contributed by atoms with van der Waals surface area (Å²) in [5.41, 5.74) is 3.28. The number of hydrogen-bond donors (Lipinski definition) is 1. The van der Waals surface area contributed by atoms with Gasteiger partial charge in [0.25, 0.3) is 0 Å². The Bertz CT molecular complexity index is 740. The second kappa shape index (κ2) is 5.69. The lowest BCUT2D eigenvalue weighted by atomic mass is 10.1. The normalized spacial score (nSPS) is 12.9. The molecule has 0 fully saturated rings. The number of rotatable bonds is 5. The van der Waals surface area contributed by atoms with Crippen molar-refractivity contribution in [3.05, 3.63) is 48.0 Å². The molecular weight excluding hydrogens is 262 g/mol. The van der Waals surface area contributed by atoms with Crippen LogP contribution in [-0.4, -0.2) is 25.9 Å². The molecule has 110 valence electrons. The van der Waals surface area contributed by atoms with Crippen LogP contribution in [0.3, 0.4) is 0 Å². The van der Waals surface area contributed by atoms with Crippen LogP contribution in [-0.2, 0) is 20.5 Å². The molecule has 0 amide bonds. The van der Waals surface area contributed by atoms with E-state index in [1.807, 2.05) is 30.1 Å². The topological polar surface area (TPSA) is 47.7 Å². The zero-order valence-electron chi connectivity index (χ0n) is 12.7. The SMILES string of the molecule is CCNC(Cc1nc2ccccc2n1C)c1ccn(C)n1. The summed E-state index contributed by atoms with van der Waals surface area (Å²) >= 11 is 0. The Morgan fingerprint density at radius 1 is 1.19 bits per heavy atom. The summed E-state index contributed by atoms with van der Waals surface area (Å²) in [6, 6.07) is 10.5. The molecule has 2 aromatic heterocycles. The first-order valence-corrected chi connectivity index (χ1v) is 7.32. The summed E-state index contributed by atoms with van der Waals surface area (Å²) in [4.78, 5) is 4.75. The van der Waals surface area contributed by atoms with Gasteiger partial charge in [0, 0.05) is 26.7 Å². The maximum absolute atomic E-state index is 4.75. The Labute approximate surface area is 124 Å². The molecule has 5 nitrogen and oxygen atoms in total. The van der Waals surface area contributed by atoms with E-state index >= 15 is 0 Å². The van der Waals surface area contributed by atoms with E-state index in [2.05, 4.69) is 47.2 Å². The fraction of sp³-hybridized carbons (Fsp3) is 0.375. The van der Waals surface area contributed by atoms with E-state index in [1.54, 1.807) is 0 Å². The van der Waals surface area contributed by atoms with E-state index in [9.17, 15) is 0 Å². The molecule has 0 bridgehead atoms. The van der Waals surface area contributed by atoms with Crippen LogP contribution < -0.4 is 5.32 Å². The van der Waals surface area contributed by atoms with Crippen LogP contribution in [0.4, 0.5) is 0 Å². The van der Waals surface area contributed by atoms with Gasteiger partial charge in [-0.1, -0.05) is 19.1 Å². The maximum atomic E-state index is 4.75. The summed E-state index contributed by atoms with van der Waals surface area (Å²) in [7, 11) is 4.02. The summed E-state index contributed by atoms with van der Waals surface area (Å²) in [6.07, 6.45) is 2.81. The Balaban J connectivity index is 1.92. The van der Waals surface area contributed by atoms with Crippen molar-refractivity contribution in [1.82, 2.24) is 24.6 Å². The molecule has 1 N–H and O–H groups in total. The summed E-state index contributed by atoms with van der Waals surface area (Å²) in [5, 5.41) is 8.03. The number of aryl methyl sites for hydroxylation is 2. The predicted octanol–water partition coefficient (Wildman–Crippen LogP) is 2.20. The van der Waals surface area contributed by atoms with Crippen LogP contribution in [0.5, 0.6) is 0 Å². The maximum Gasteiger partial charge on any atom is 0.111 e. The molecule has 0 aliphatic heterocycles. The third kappa shape index (κ3) is 2.69. The Hall–Kier alpha value is -2.14. The molecule has 2 heterocycles. The Kier molecular flexibility index (Phi) is 3.75. The van der Waals surface area contributed by atoms with Crippen molar-refractivity contribution >= 4 is 11.0 Å². The van der Waals surface area contributed by atoms with Gasteiger partial charge in [0.15, 0.2) is 0 Å². The van der Waals surface area contributed by atoms with Crippen LogP contribution in [0, 0.1) is 0 Å². The molecule has 21 heavy (non-hydrogen) atoms. The van der Waals surface area contributed by atoms with E-state index in [0.717, 1.165) is 30.0 Å². The van der Waals surface area contributed by atoms with Gasteiger partial charge in [-0.3, -0.25) is 4.68 Å². The highest BCUT2D eigenvalue weighted by atomic mass is 15.3. The van der Waals surface area contributed by atoms with Gasteiger partial charge in [0.1, 0.15) is 5.82 Å². The van der Waals surface area contributed by atoms with Crippen LogP contribution in [0.15, 0.2) is 36.5 Å². The van der Waals surface area contributed by atoms with Gasteiger partial charge in [0.2, 0.25) is 0 Å². The number of imidazole rings is 1. The molecule has 0 saturated carbocycles. The molecule has 0 aliphatic rings. The van der Waals surface area contributed by atoms with Crippen LogP contribution in [0.2, 0.25) is 0 Å². The molecule has 0 radical (unpaired) electrons. The molecule has 3 aromatic rings. The molecule has 1 atom stereocenters. The molecule has 1 unspecified atom stereocenters. The predicted molar refractivity (Wildman–Crippen MR) is 84.0 cm³/mol. The Morgan fingerprint density at radius 3 is 2.67 bits per heavy atom. The number of nitrogens with zero attached hydrogens (tertiary/aromatic N) is 4. The zero-order valence-corrected chi connectivity index (χ0v) is 12.7. The second-order valence-corrected chi connectivity index (χ2v) is 5.30. The fourth-order valence-corrected chi connectivity index (χ4v) is 2.71. The van der Waals surface area contributed by atoms with E-state index < -0.39 is 0 Å². The average molecular weight is 283 g/mol. The smallest absolute Gasteiger partial charge is 0.111 e. The van der Waals surface area contributed by atoms with Gasteiger partial charge in [-0.05, 0) is 24.7 Å². The first-order valence-electron chi connectivity index (χ1n) is 7.32. The summed E-state index contributed by atoms with van der Waals surface area (Å²) in [5.74, 6) is 1.08. The van der Waals surface area contributed by atoms with Crippen LogP contribution in [0.25, 0.3) is 11.0 Å². The monoisotopic (exact) mass is 283 g/mol. The van der Waals surface area contributed by atoms with Gasteiger partial charge in [0.05, 0.1) is 22.8 Å². The summed E-state index contributed by atoms with van der Waals surface area (Å²) < 4.78 is 4.01. The number of hydrogen-bond acceptors (Lipinski definition) is 3. The lowest BCUT2D eigenvalue weighted by Crippen LogP contribution is -2.24. The highest BCUT2D eigenvalue weighted by Gasteiger charge is 2.17. The number of aromatic nitrogens is 4. The van der Waals surface area contributed by atoms with Crippen molar-refractivity contribution in [1.29, 1.82) is 0 Å². The zero-order chi connectivity index (χ0) is 14.8. The number of likely N-dealkylation sites (N-methyl/N-ethyl adjacent to an activating group) is 1. The van der Waals surface area contributed by atoms with Crippen molar-refractivity contribution in [3.63, 3.8) is 0 Å². The van der Waals surface area contributed by atoms with Crippen molar-refractivity contribution < 1.29 is 0 Å². The van der Waals surface area contributed by atoms with Gasteiger partial charge in [-0.15, -0.1) is 0 Å². The summed E-state index contributed by atoms with van der Waals surface area (Å²) in [6.45, 7) is 3.02. The quantitative estimate of drug-likeness (QED) is 0.781. The first-order chi connectivity index (χ1) is 10.2. The first kappa shape index (κ1) is 13.8. The molecular formula is C16H21N5. The minimum Gasteiger partial charge on any atom is -0.331 e. The van der Waals surface area contributed by atoms with E-state index in [0.29, 0.717) is 0 Å². The molecule has 0 spiro atoms. The number of fused-ring (bicyclic) bond motifs is 1. The number of benzene rings is 1. The Morgan fingerprint density at radius 2 is 2.00 bits per heavy atom. The van der Waals surface area contributed by atoms with Crippen molar-refractivity contribution in [2.75, 3.05) is 6.54 Å². The van der Waals surface area contributed by atoms with E-state index in [-0.39, 0.29) is 6.04 Å². The average Bonchev–Trinajstić information content (AvgIpc) is 3.04. The largest absolute Gasteiger partial charge is 0.331 e. The van der Waals surface area contributed by atoms with E-state index in [1.165, 1.54) is 5.52 Å². The number of nitrogens with one attached hydrogen (secondary N) is 1. The van der Waals surface area contributed by atoms with Gasteiger partial charge in [-0.2, -0.15) is 5.10 Å². The van der Waals surface area contributed by atoms with Crippen molar-refractivity contribution in [2.45, 2.75) is 19.4 Å². The molecule has 0 aliphatic carbocycles. The second-order valence-electron chi connectivity index (χ2n) is 5.30. The molecule has 1 aromatic carbocycles.